The molecule has 6 rings (SSSR count). The van der Waals surface area contributed by atoms with Crippen LogP contribution in [0, 0.1) is 5.92 Å². The molecule has 5 nitrogen and oxygen atoms in total. The molecule has 0 aliphatic carbocycles. The number of ether oxygens (including phenoxy) is 1. The third-order valence-electron chi connectivity index (χ3n) is 7.54. The maximum absolute atomic E-state index is 12.0. The van der Waals surface area contributed by atoms with E-state index in [1.807, 2.05) is 12.1 Å². The van der Waals surface area contributed by atoms with Crippen molar-refractivity contribution in [1.29, 1.82) is 0 Å². The number of nitrogens with one attached hydrogen (secondary N) is 1. The Morgan fingerprint density at radius 2 is 2.00 bits per heavy atom. The average Bonchev–Trinajstić information content (AvgIpc) is 3.42. The number of hydrogen-bond donors (Lipinski definition) is 1. The molecule has 1 aromatic heterocycles. The molecule has 0 amide bonds. The van der Waals surface area contributed by atoms with Gasteiger partial charge in [0.2, 0.25) is 0 Å². The molecule has 3 aromatic carbocycles. The van der Waals surface area contributed by atoms with Crippen LogP contribution in [-0.2, 0) is 11.4 Å². The van der Waals surface area contributed by atoms with E-state index in [0.717, 1.165) is 68.7 Å². The van der Waals surface area contributed by atoms with E-state index in [1.165, 1.54) is 5.56 Å². The van der Waals surface area contributed by atoms with Crippen LogP contribution in [0.15, 0.2) is 42.5 Å². The fourth-order valence-corrected chi connectivity index (χ4v) is 5.98. The van der Waals surface area contributed by atoms with E-state index in [0.29, 0.717) is 12.6 Å². The fourth-order valence-electron chi connectivity index (χ4n) is 5.79. The first-order chi connectivity index (χ1) is 16.4. The zero-order chi connectivity index (χ0) is 23.6. The highest BCUT2D eigenvalue weighted by Gasteiger charge is 2.39. The van der Waals surface area contributed by atoms with E-state index < -0.39 is 0 Å². The molecule has 1 fully saturated rings. The van der Waals surface area contributed by atoms with Gasteiger partial charge in [0.05, 0.1) is 23.1 Å². The molecule has 0 bridgehead atoms. The Labute approximate surface area is 204 Å². The lowest BCUT2D eigenvalue weighted by molar-refractivity contribution is -0.115. The zero-order valence-corrected chi connectivity index (χ0v) is 20.4. The Morgan fingerprint density at radius 3 is 2.79 bits per heavy atom. The number of benzene rings is 3. The Bertz CT molecular complexity index is 1430. The molecule has 3 atom stereocenters. The normalized spacial score (nSPS) is 21.0. The van der Waals surface area contributed by atoms with Crippen LogP contribution in [0.3, 0.4) is 0 Å². The van der Waals surface area contributed by atoms with Crippen LogP contribution >= 0.6 is 11.6 Å². The molecule has 2 aliphatic heterocycles. The Morgan fingerprint density at radius 1 is 1.15 bits per heavy atom. The molecule has 1 unspecified atom stereocenters. The molecule has 34 heavy (non-hydrogen) atoms. The number of rotatable bonds is 4. The van der Waals surface area contributed by atoms with Gasteiger partial charge in [-0.3, -0.25) is 4.90 Å². The topological polar surface area (TPSA) is 58.2 Å². The van der Waals surface area contributed by atoms with E-state index >= 15 is 0 Å². The molecule has 0 spiro atoms. The fraction of sp³-hybridized carbons (Fsp3) is 0.357. The molecule has 174 valence electrons. The van der Waals surface area contributed by atoms with E-state index in [9.17, 15) is 4.79 Å². The summed E-state index contributed by atoms with van der Waals surface area (Å²) in [7, 11) is 0. The van der Waals surface area contributed by atoms with Crippen molar-refractivity contribution >= 4 is 39.7 Å². The molecular weight excluding hydrogens is 446 g/mol. The molecule has 3 heterocycles. The second kappa shape index (κ2) is 8.10. The molecule has 2 aliphatic rings. The number of aromatic amines is 1. The summed E-state index contributed by atoms with van der Waals surface area (Å²) in [6.07, 6.45) is 3.16. The standard InChI is InChI=1S/C28H28ClN3O2/c1-15(2)25(13-33)32-16(3)4-9-24(32)28-30-23-8-5-17-11-22-20-7-6-19(29)10-18(20)14-34-26(22)12-21(17)27(23)31-28/h5-8,10-13,15-16,24-25H,4,9,14H2,1-3H3,(H,30,31)/t16-,24-,25?/m0/s1. The Hall–Kier alpha value is -2.89. The van der Waals surface area contributed by atoms with Gasteiger partial charge in [-0.05, 0) is 72.5 Å². The largest absolute Gasteiger partial charge is 0.488 e. The van der Waals surface area contributed by atoms with Crippen molar-refractivity contribution in [3.8, 4) is 16.9 Å². The van der Waals surface area contributed by atoms with E-state index in [-0.39, 0.29) is 18.0 Å². The van der Waals surface area contributed by atoms with Crippen molar-refractivity contribution in [2.75, 3.05) is 0 Å². The van der Waals surface area contributed by atoms with Gasteiger partial charge in [-0.15, -0.1) is 0 Å². The molecule has 1 saturated heterocycles. The van der Waals surface area contributed by atoms with Gasteiger partial charge >= 0.3 is 0 Å². The third kappa shape index (κ3) is 3.33. The summed E-state index contributed by atoms with van der Waals surface area (Å²) in [5.74, 6) is 2.07. The quantitative estimate of drug-likeness (QED) is 0.336. The predicted octanol–water partition coefficient (Wildman–Crippen LogP) is 6.68. The Kier molecular flexibility index (Phi) is 5.16. The van der Waals surface area contributed by atoms with Gasteiger partial charge in [0, 0.05) is 22.0 Å². The second-order valence-electron chi connectivity index (χ2n) is 10.0. The van der Waals surface area contributed by atoms with Crippen LogP contribution in [0.4, 0.5) is 0 Å². The molecular formula is C28H28ClN3O2. The van der Waals surface area contributed by atoms with Gasteiger partial charge in [-0.2, -0.15) is 0 Å². The van der Waals surface area contributed by atoms with Crippen LogP contribution < -0.4 is 4.74 Å². The summed E-state index contributed by atoms with van der Waals surface area (Å²) in [5.41, 5.74) is 5.32. The van der Waals surface area contributed by atoms with Gasteiger partial charge in [-0.1, -0.05) is 37.6 Å². The summed E-state index contributed by atoms with van der Waals surface area (Å²) in [5, 5.41) is 2.92. The number of carbonyl (C=O) groups excluding carboxylic acids is 1. The van der Waals surface area contributed by atoms with Gasteiger partial charge in [0.1, 0.15) is 24.5 Å². The number of halogens is 1. The SMILES string of the molecule is CC(C)C(C=O)N1[C@@H](C)CC[C@H]1c1nc2c(ccc3cc4c(cc32)OCc2cc(Cl)ccc2-4)[nH]1. The maximum atomic E-state index is 12.0. The van der Waals surface area contributed by atoms with Crippen LogP contribution in [-0.4, -0.2) is 33.2 Å². The van der Waals surface area contributed by atoms with E-state index in [4.69, 9.17) is 21.3 Å². The number of aldehydes is 1. The van der Waals surface area contributed by atoms with Crippen LogP contribution in [0.5, 0.6) is 5.75 Å². The first-order valence-corrected chi connectivity index (χ1v) is 12.4. The number of aromatic nitrogens is 2. The minimum absolute atomic E-state index is 0.110. The molecule has 4 aromatic rings. The number of fused-ring (bicyclic) bond motifs is 6. The number of imidazole rings is 1. The first-order valence-electron chi connectivity index (χ1n) is 12.1. The van der Waals surface area contributed by atoms with Crippen molar-refractivity contribution in [3.05, 3.63) is 58.9 Å². The highest BCUT2D eigenvalue weighted by Crippen LogP contribution is 2.43. The minimum Gasteiger partial charge on any atom is -0.488 e. The van der Waals surface area contributed by atoms with Gasteiger partial charge < -0.3 is 14.5 Å². The number of nitrogens with zero attached hydrogens (tertiary/aromatic N) is 2. The summed E-state index contributed by atoms with van der Waals surface area (Å²) >= 11 is 6.20. The van der Waals surface area contributed by atoms with Crippen molar-refractivity contribution in [1.82, 2.24) is 14.9 Å². The highest BCUT2D eigenvalue weighted by molar-refractivity contribution is 6.30. The molecule has 6 heteroatoms. The first kappa shape index (κ1) is 21.6. The maximum Gasteiger partial charge on any atom is 0.137 e. The zero-order valence-electron chi connectivity index (χ0n) is 19.6. The van der Waals surface area contributed by atoms with Crippen LogP contribution in [0.25, 0.3) is 32.9 Å². The van der Waals surface area contributed by atoms with E-state index in [1.54, 1.807) is 0 Å². The predicted molar refractivity (Wildman–Crippen MR) is 136 cm³/mol. The smallest absolute Gasteiger partial charge is 0.137 e. The average molecular weight is 474 g/mol. The molecule has 0 radical (unpaired) electrons. The monoisotopic (exact) mass is 473 g/mol. The van der Waals surface area contributed by atoms with Crippen LogP contribution in [0.2, 0.25) is 5.02 Å². The summed E-state index contributed by atoms with van der Waals surface area (Å²) in [4.78, 5) is 23.0. The lowest BCUT2D eigenvalue weighted by Gasteiger charge is -2.34. The Balaban J connectivity index is 1.46. The minimum atomic E-state index is -0.110. The summed E-state index contributed by atoms with van der Waals surface area (Å²) in [6.45, 7) is 6.95. The van der Waals surface area contributed by atoms with Crippen molar-refractivity contribution in [3.63, 3.8) is 0 Å². The third-order valence-corrected chi connectivity index (χ3v) is 7.77. The lowest BCUT2D eigenvalue weighted by Crippen LogP contribution is -2.43. The van der Waals surface area contributed by atoms with E-state index in [2.05, 4.69) is 61.0 Å². The number of likely N-dealkylation sites (tertiary alicyclic amines) is 1. The van der Waals surface area contributed by atoms with Gasteiger partial charge in [0.15, 0.2) is 0 Å². The number of carbonyl (C=O) groups is 1. The molecule has 1 N–H and O–H groups in total. The van der Waals surface area contributed by atoms with Crippen molar-refractivity contribution in [2.45, 2.75) is 58.3 Å². The number of hydrogen-bond acceptors (Lipinski definition) is 4. The molecule has 0 saturated carbocycles. The summed E-state index contributed by atoms with van der Waals surface area (Å²) < 4.78 is 6.13. The lowest BCUT2D eigenvalue weighted by atomic mass is 9.94. The van der Waals surface area contributed by atoms with Gasteiger partial charge in [-0.25, -0.2) is 4.98 Å². The second-order valence-corrected chi connectivity index (χ2v) is 10.4. The van der Waals surface area contributed by atoms with Gasteiger partial charge in [0.25, 0.3) is 0 Å². The highest BCUT2D eigenvalue weighted by atomic mass is 35.5. The summed E-state index contributed by atoms with van der Waals surface area (Å²) in [6, 6.07) is 14.9. The van der Waals surface area contributed by atoms with Crippen molar-refractivity contribution in [2.24, 2.45) is 5.92 Å². The van der Waals surface area contributed by atoms with Crippen molar-refractivity contribution < 1.29 is 9.53 Å². The number of H-pyrrole nitrogens is 1. The van der Waals surface area contributed by atoms with Crippen LogP contribution in [0.1, 0.15) is 51.0 Å².